The van der Waals surface area contributed by atoms with Crippen molar-refractivity contribution in [3.63, 3.8) is 0 Å². The van der Waals surface area contributed by atoms with E-state index in [9.17, 15) is 19.1 Å². The van der Waals surface area contributed by atoms with E-state index in [2.05, 4.69) is 29.4 Å². The molecule has 9 heteroatoms. The lowest BCUT2D eigenvalue weighted by Crippen LogP contribution is -2.42. The molecule has 2 fully saturated rings. The second kappa shape index (κ2) is 12.1. The Labute approximate surface area is 222 Å². The van der Waals surface area contributed by atoms with Gasteiger partial charge in [-0.05, 0) is 79.3 Å². The Morgan fingerprint density at radius 1 is 1.08 bits per heavy atom. The maximum absolute atomic E-state index is 14.3. The van der Waals surface area contributed by atoms with Crippen molar-refractivity contribution in [2.75, 3.05) is 35.3 Å². The van der Waals surface area contributed by atoms with Gasteiger partial charge in [-0.25, -0.2) is 9.18 Å². The first-order chi connectivity index (χ1) is 17.7. The van der Waals surface area contributed by atoms with Gasteiger partial charge in [0, 0.05) is 30.8 Å². The first-order valence-electron chi connectivity index (χ1n) is 12.9. The number of urea groups is 1. The number of hydrogen-bond donors (Lipinski definition) is 3. The summed E-state index contributed by atoms with van der Waals surface area (Å²) in [5.74, 6) is -0.885. The maximum Gasteiger partial charge on any atom is 0.323 e. The van der Waals surface area contributed by atoms with Crippen LogP contribution in [0, 0.1) is 17.7 Å². The van der Waals surface area contributed by atoms with E-state index >= 15 is 0 Å². The van der Waals surface area contributed by atoms with Crippen molar-refractivity contribution in [2.24, 2.45) is 11.8 Å². The van der Waals surface area contributed by atoms with E-state index in [0.717, 1.165) is 49.5 Å². The highest BCUT2D eigenvalue weighted by Crippen LogP contribution is 2.46. The first-order valence-corrected chi connectivity index (χ1v) is 13.3. The molecule has 2 amide bonds. The van der Waals surface area contributed by atoms with Crippen LogP contribution in [0.15, 0.2) is 36.4 Å². The van der Waals surface area contributed by atoms with Gasteiger partial charge in [-0.15, -0.1) is 0 Å². The zero-order valence-electron chi connectivity index (χ0n) is 21.3. The predicted octanol–water partition coefficient (Wildman–Crippen LogP) is 6.73. The molecule has 0 bridgehead atoms. The van der Waals surface area contributed by atoms with Gasteiger partial charge in [0.25, 0.3) is 0 Å². The summed E-state index contributed by atoms with van der Waals surface area (Å²) in [5, 5.41) is 15.3. The molecule has 2 aromatic carbocycles. The molecule has 3 N–H and O–H groups in total. The summed E-state index contributed by atoms with van der Waals surface area (Å²) in [6, 6.07) is 9.61. The molecule has 0 spiro atoms. The number of nitrogens with zero attached hydrogens (tertiary/aromatic N) is 1. The van der Waals surface area contributed by atoms with Crippen LogP contribution >= 0.6 is 11.6 Å². The van der Waals surface area contributed by atoms with E-state index in [-0.39, 0.29) is 29.1 Å². The molecule has 1 aliphatic heterocycles. The minimum atomic E-state index is -0.838. The number of hydrogen-bond acceptors (Lipinski definition) is 4. The molecule has 1 unspecified atom stereocenters. The van der Waals surface area contributed by atoms with Crippen LogP contribution in [0.4, 0.5) is 26.2 Å². The average molecular weight is 532 g/mol. The Morgan fingerprint density at radius 2 is 1.78 bits per heavy atom. The Bertz CT molecular complexity index is 1120. The standard InChI is InChI=1S/C28H35ClFN3O4/c1-17(2)16-33(21-9-11-37-12-10-21)26-8-5-19(22(15-27(34)35)18-3-4-18)13-25(26)32-28(36)31-24-7-6-20(29)14-23(24)30/h5-8,13-14,17-18,21-22H,3-4,9-12,15-16H2,1-2H3,(H,34,35)(H2,31,32,36). The van der Waals surface area contributed by atoms with Gasteiger partial charge in [-0.1, -0.05) is 31.5 Å². The topological polar surface area (TPSA) is 90.9 Å². The number of carboxylic acid groups (broad SMARTS) is 1. The van der Waals surface area contributed by atoms with E-state index < -0.39 is 17.8 Å². The molecule has 1 heterocycles. The van der Waals surface area contributed by atoms with E-state index in [1.165, 1.54) is 12.1 Å². The summed E-state index contributed by atoms with van der Waals surface area (Å²) < 4.78 is 19.9. The Balaban J connectivity index is 1.68. The van der Waals surface area contributed by atoms with Crippen molar-refractivity contribution in [3.05, 3.63) is 52.8 Å². The summed E-state index contributed by atoms with van der Waals surface area (Å²) in [4.78, 5) is 27.0. The number of carboxylic acids is 1. The molecule has 200 valence electrons. The summed E-state index contributed by atoms with van der Waals surface area (Å²) >= 11 is 5.84. The third-order valence-corrected chi connectivity index (χ3v) is 7.20. The van der Waals surface area contributed by atoms with E-state index in [4.69, 9.17) is 16.3 Å². The Hall–Kier alpha value is -2.84. The highest BCUT2D eigenvalue weighted by molar-refractivity contribution is 6.30. The van der Waals surface area contributed by atoms with Crippen LogP contribution in [-0.2, 0) is 9.53 Å². The SMILES string of the molecule is CC(C)CN(c1ccc(C(CC(=O)O)C2CC2)cc1NC(=O)Nc1ccc(Cl)cc1F)C1CCOCC1. The summed E-state index contributed by atoms with van der Waals surface area (Å²) in [5.41, 5.74) is 2.34. The lowest BCUT2D eigenvalue weighted by atomic mass is 9.90. The van der Waals surface area contributed by atoms with Crippen LogP contribution in [0.2, 0.25) is 5.02 Å². The van der Waals surface area contributed by atoms with Crippen molar-refractivity contribution >= 4 is 40.7 Å². The molecule has 2 aromatic rings. The van der Waals surface area contributed by atoms with Crippen molar-refractivity contribution in [3.8, 4) is 0 Å². The third kappa shape index (κ3) is 7.36. The van der Waals surface area contributed by atoms with Gasteiger partial charge in [0.05, 0.1) is 23.5 Å². The molecule has 1 saturated heterocycles. The second-order valence-corrected chi connectivity index (χ2v) is 10.8. The first kappa shape index (κ1) is 27.2. The number of rotatable bonds is 10. The fourth-order valence-electron chi connectivity index (χ4n) is 5.08. The smallest absolute Gasteiger partial charge is 0.323 e. The summed E-state index contributed by atoms with van der Waals surface area (Å²) in [6.07, 6.45) is 3.79. The van der Waals surface area contributed by atoms with E-state index in [0.29, 0.717) is 30.7 Å². The minimum absolute atomic E-state index is 0.0183. The van der Waals surface area contributed by atoms with Gasteiger partial charge >= 0.3 is 12.0 Å². The summed E-state index contributed by atoms with van der Waals surface area (Å²) in [6.45, 7) is 6.45. The van der Waals surface area contributed by atoms with Crippen molar-refractivity contribution in [1.29, 1.82) is 0 Å². The van der Waals surface area contributed by atoms with Gasteiger partial charge < -0.3 is 25.4 Å². The number of amides is 2. The van der Waals surface area contributed by atoms with Gasteiger partial charge in [0.15, 0.2) is 0 Å². The van der Waals surface area contributed by atoms with Crippen LogP contribution in [0.25, 0.3) is 0 Å². The summed E-state index contributed by atoms with van der Waals surface area (Å²) in [7, 11) is 0. The second-order valence-electron chi connectivity index (χ2n) is 10.4. The predicted molar refractivity (Wildman–Crippen MR) is 144 cm³/mol. The molecule has 7 nitrogen and oxygen atoms in total. The lowest BCUT2D eigenvalue weighted by Gasteiger charge is -2.38. The quantitative estimate of drug-likeness (QED) is 0.316. The Morgan fingerprint density at radius 3 is 2.41 bits per heavy atom. The van der Waals surface area contributed by atoms with Gasteiger partial charge in [-0.2, -0.15) is 0 Å². The number of ether oxygens (including phenoxy) is 1. The minimum Gasteiger partial charge on any atom is -0.481 e. The number of halogens is 2. The van der Waals surface area contributed by atoms with Crippen molar-refractivity contribution in [1.82, 2.24) is 0 Å². The van der Waals surface area contributed by atoms with Gasteiger partial charge in [0.2, 0.25) is 0 Å². The van der Waals surface area contributed by atoms with Crippen molar-refractivity contribution < 1.29 is 23.8 Å². The molecule has 1 atom stereocenters. The highest BCUT2D eigenvalue weighted by Gasteiger charge is 2.34. The highest BCUT2D eigenvalue weighted by atomic mass is 35.5. The number of anilines is 3. The fourth-order valence-corrected chi connectivity index (χ4v) is 5.24. The van der Waals surface area contributed by atoms with Crippen LogP contribution < -0.4 is 15.5 Å². The molecule has 0 radical (unpaired) electrons. The number of benzene rings is 2. The van der Waals surface area contributed by atoms with Crippen LogP contribution in [0.1, 0.15) is 57.4 Å². The Kier molecular flexibility index (Phi) is 8.92. The van der Waals surface area contributed by atoms with Crippen molar-refractivity contribution in [2.45, 2.75) is 57.9 Å². The largest absolute Gasteiger partial charge is 0.481 e. The van der Waals surface area contributed by atoms with Crippen LogP contribution in [0.5, 0.6) is 0 Å². The molecular formula is C28H35ClFN3O4. The number of aliphatic carboxylic acids is 1. The average Bonchev–Trinajstić information content (AvgIpc) is 3.69. The van der Waals surface area contributed by atoms with E-state index in [1.807, 2.05) is 18.2 Å². The van der Waals surface area contributed by atoms with E-state index in [1.54, 1.807) is 0 Å². The third-order valence-electron chi connectivity index (χ3n) is 6.96. The lowest BCUT2D eigenvalue weighted by molar-refractivity contribution is -0.137. The van der Waals surface area contributed by atoms with Crippen LogP contribution in [0.3, 0.4) is 0 Å². The number of carbonyl (C=O) groups excluding carboxylic acids is 1. The molecule has 4 rings (SSSR count). The molecule has 1 saturated carbocycles. The number of carbonyl (C=O) groups is 2. The molecule has 37 heavy (non-hydrogen) atoms. The maximum atomic E-state index is 14.3. The molecular weight excluding hydrogens is 497 g/mol. The molecule has 0 aromatic heterocycles. The van der Waals surface area contributed by atoms with Crippen LogP contribution in [-0.4, -0.2) is 42.9 Å². The number of nitrogens with one attached hydrogen (secondary N) is 2. The fraction of sp³-hybridized carbons (Fsp3) is 0.500. The normalized spacial score (nSPS) is 16.9. The van der Waals surface area contributed by atoms with Gasteiger partial charge in [-0.3, -0.25) is 4.79 Å². The zero-order valence-corrected chi connectivity index (χ0v) is 22.1. The van der Waals surface area contributed by atoms with Gasteiger partial charge in [0.1, 0.15) is 5.82 Å². The zero-order chi connectivity index (χ0) is 26.5. The molecule has 2 aliphatic rings. The molecule has 1 aliphatic carbocycles. The monoisotopic (exact) mass is 531 g/mol.